The van der Waals surface area contributed by atoms with E-state index in [1.165, 1.54) is 5.56 Å². The van der Waals surface area contributed by atoms with E-state index in [0.717, 1.165) is 18.7 Å². The lowest BCUT2D eigenvalue weighted by atomic mass is 10.1. The van der Waals surface area contributed by atoms with Crippen LogP contribution in [0.15, 0.2) is 24.3 Å². The molecule has 0 radical (unpaired) electrons. The Balaban J connectivity index is 2.55. The highest BCUT2D eigenvalue weighted by molar-refractivity contribution is 5.90. The van der Waals surface area contributed by atoms with Crippen LogP contribution in [0.4, 0.5) is 5.69 Å². The summed E-state index contributed by atoms with van der Waals surface area (Å²) < 4.78 is 5.14. The highest BCUT2D eigenvalue weighted by Gasteiger charge is 2.08. The molecule has 1 aromatic carbocycles. The van der Waals surface area contributed by atoms with Gasteiger partial charge in [-0.05, 0) is 44.5 Å². The lowest BCUT2D eigenvalue weighted by molar-refractivity contribution is -0.116. The number of hydrogen-bond donors (Lipinski definition) is 2. The summed E-state index contributed by atoms with van der Waals surface area (Å²) in [7, 11) is 1.66. The molecule has 0 aliphatic carbocycles. The summed E-state index contributed by atoms with van der Waals surface area (Å²) in [5.41, 5.74) is 2.03. The average Bonchev–Trinajstić information content (AvgIpc) is 2.45. The van der Waals surface area contributed by atoms with Crippen molar-refractivity contribution in [2.75, 3.05) is 19.0 Å². The van der Waals surface area contributed by atoms with Crippen LogP contribution >= 0.6 is 0 Å². The van der Waals surface area contributed by atoms with Gasteiger partial charge in [0.2, 0.25) is 5.91 Å². The van der Waals surface area contributed by atoms with Gasteiger partial charge in [-0.25, -0.2) is 0 Å². The third-order valence-corrected chi connectivity index (χ3v) is 3.36. The Hall–Kier alpha value is -1.39. The van der Waals surface area contributed by atoms with E-state index in [1.807, 2.05) is 25.1 Å². The van der Waals surface area contributed by atoms with Crippen molar-refractivity contribution in [3.63, 3.8) is 0 Å². The number of methoxy groups -OCH3 is 1. The van der Waals surface area contributed by atoms with E-state index in [0.29, 0.717) is 6.42 Å². The van der Waals surface area contributed by atoms with E-state index in [1.54, 1.807) is 7.11 Å². The number of nitrogens with one attached hydrogen (secondary N) is 2. The molecule has 0 aromatic heterocycles. The Bertz CT molecular complexity index is 421. The highest BCUT2D eigenvalue weighted by atomic mass is 16.5. The van der Waals surface area contributed by atoms with Crippen molar-refractivity contribution in [3.05, 3.63) is 29.8 Å². The van der Waals surface area contributed by atoms with Gasteiger partial charge in [0.25, 0.3) is 0 Å². The van der Waals surface area contributed by atoms with Crippen LogP contribution in [0.5, 0.6) is 0 Å². The first-order valence-electron chi connectivity index (χ1n) is 7.22. The molecule has 0 saturated carbocycles. The number of anilines is 1. The van der Waals surface area contributed by atoms with Crippen molar-refractivity contribution in [2.24, 2.45) is 0 Å². The van der Waals surface area contributed by atoms with Gasteiger partial charge in [0.05, 0.1) is 6.10 Å². The van der Waals surface area contributed by atoms with Crippen LogP contribution in [0.1, 0.15) is 45.2 Å². The molecule has 0 fully saturated rings. The molecule has 4 nitrogen and oxygen atoms in total. The van der Waals surface area contributed by atoms with Crippen molar-refractivity contribution in [2.45, 2.75) is 45.8 Å². The molecule has 2 atom stereocenters. The summed E-state index contributed by atoms with van der Waals surface area (Å²) in [6.07, 6.45) is 1.32. The van der Waals surface area contributed by atoms with E-state index in [2.05, 4.69) is 30.5 Å². The van der Waals surface area contributed by atoms with Crippen LogP contribution in [0.2, 0.25) is 0 Å². The number of amides is 1. The number of benzene rings is 1. The number of ether oxygens (including phenoxy) is 1. The molecule has 2 N–H and O–H groups in total. The summed E-state index contributed by atoms with van der Waals surface area (Å²) in [5.74, 6) is 0.0298. The summed E-state index contributed by atoms with van der Waals surface area (Å²) >= 11 is 0. The van der Waals surface area contributed by atoms with Crippen molar-refractivity contribution in [1.82, 2.24) is 5.32 Å². The molecular weight excluding hydrogens is 252 g/mol. The molecule has 4 heteroatoms. The maximum atomic E-state index is 11.9. The number of carbonyl (C=O) groups is 1. The molecule has 0 aliphatic heterocycles. The quantitative estimate of drug-likeness (QED) is 0.768. The Morgan fingerprint density at radius 3 is 2.75 bits per heavy atom. The number of carbonyl (C=O) groups excluding carboxylic acids is 1. The molecule has 0 saturated heterocycles. The average molecular weight is 278 g/mol. The zero-order valence-electron chi connectivity index (χ0n) is 12.9. The fourth-order valence-corrected chi connectivity index (χ4v) is 1.99. The van der Waals surface area contributed by atoms with E-state index in [4.69, 9.17) is 4.74 Å². The summed E-state index contributed by atoms with van der Waals surface area (Å²) in [6.45, 7) is 7.09. The molecule has 1 rings (SSSR count). The molecule has 2 unspecified atom stereocenters. The molecule has 0 heterocycles. The van der Waals surface area contributed by atoms with Crippen LogP contribution in [-0.2, 0) is 9.53 Å². The van der Waals surface area contributed by atoms with E-state index in [-0.39, 0.29) is 18.1 Å². The molecular formula is C16H26N2O2. The Kier molecular flexibility index (Phi) is 7.26. The largest absolute Gasteiger partial charge is 0.382 e. The first-order valence-corrected chi connectivity index (χ1v) is 7.22. The van der Waals surface area contributed by atoms with Crippen LogP contribution in [0.25, 0.3) is 0 Å². The van der Waals surface area contributed by atoms with Crippen molar-refractivity contribution >= 4 is 11.6 Å². The van der Waals surface area contributed by atoms with Gasteiger partial charge in [-0.3, -0.25) is 4.79 Å². The van der Waals surface area contributed by atoms with Gasteiger partial charge >= 0.3 is 0 Å². The molecule has 1 aromatic rings. The standard InChI is InChI=1S/C16H26N2O2/c1-5-17-13(3)14-7-6-8-15(11-14)18-16(19)10-9-12(2)20-4/h6-8,11-13,17H,5,9-10H2,1-4H3,(H,18,19). The molecule has 1 amide bonds. The van der Waals surface area contributed by atoms with Crippen LogP contribution in [-0.4, -0.2) is 25.7 Å². The van der Waals surface area contributed by atoms with E-state index in [9.17, 15) is 4.79 Å². The molecule has 0 aliphatic rings. The molecule has 20 heavy (non-hydrogen) atoms. The maximum absolute atomic E-state index is 11.9. The van der Waals surface area contributed by atoms with Crippen molar-refractivity contribution in [1.29, 1.82) is 0 Å². The third-order valence-electron chi connectivity index (χ3n) is 3.36. The second kappa shape index (κ2) is 8.72. The van der Waals surface area contributed by atoms with Gasteiger partial charge in [0, 0.05) is 25.3 Å². The van der Waals surface area contributed by atoms with Gasteiger partial charge in [-0.2, -0.15) is 0 Å². The van der Waals surface area contributed by atoms with Gasteiger partial charge in [-0.15, -0.1) is 0 Å². The SMILES string of the molecule is CCNC(C)c1cccc(NC(=O)CCC(C)OC)c1. The minimum Gasteiger partial charge on any atom is -0.382 e. The minimum atomic E-state index is 0.0298. The zero-order chi connectivity index (χ0) is 15.0. The molecule has 0 spiro atoms. The van der Waals surface area contributed by atoms with E-state index < -0.39 is 0 Å². The second-order valence-electron chi connectivity index (χ2n) is 5.04. The van der Waals surface area contributed by atoms with E-state index >= 15 is 0 Å². The fourth-order valence-electron chi connectivity index (χ4n) is 1.99. The fraction of sp³-hybridized carbons (Fsp3) is 0.562. The molecule has 112 valence electrons. The predicted octanol–water partition coefficient (Wildman–Crippen LogP) is 3.11. The second-order valence-corrected chi connectivity index (χ2v) is 5.04. The topological polar surface area (TPSA) is 50.4 Å². The lowest BCUT2D eigenvalue weighted by Crippen LogP contribution is -2.18. The highest BCUT2D eigenvalue weighted by Crippen LogP contribution is 2.17. The van der Waals surface area contributed by atoms with Gasteiger partial charge in [0.15, 0.2) is 0 Å². The normalized spacial score (nSPS) is 13.8. The van der Waals surface area contributed by atoms with Crippen LogP contribution in [0.3, 0.4) is 0 Å². The van der Waals surface area contributed by atoms with Crippen molar-refractivity contribution in [3.8, 4) is 0 Å². The summed E-state index contributed by atoms with van der Waals surface area (Å²) in [6, 6.07) is 8.25. The Morgan fingerprint density at radius 1 is 1.35 bits per heavy atom. The third kappa shape index (κ3) is 5.72. The summed E-state index contributed by atoms with van der Waals surface area (Å²) in [4.78, 5) is 11.9. The van der Waals surface area contributed by atoms with Crippen LogP contribution in [0, 0.1) is 0 Å². The maximum Gasteiger partial charge on any atom is 0.224 e. The van der Waals surface area contributed by atoms with Crippen LogP contribution < -0.4 is 10.6 Å². The Labute approximate surface area is 121 Å². The lowest BCUT2D eigenvalue weighted by Gasteiger charge is -2.14. The first-order chi connectivity index (χ1) is 9.56. The Morgan fingerprint density at radius 2 is 2.10 bits per heavy atom. The predicted molar refractivity (Wildman–Crippen MR) is 82.9 cm³/mol. The zero-order valence-corrected chi connectivity index (χ0v) is 12.9. The van der Waals surface area contributed by atoms with Crippen molar-refractivity contribution < 1.29 is 9.53 Å². The minimum absolute atomic E-state index is 0.0298. The monoisotopic (exact) mass is 278 g/mol. The van der Waals surface area contributed by atoms with Gasteiger partial charge < -0.3 is 15.4 Å². The number of rotatable bonds is 8. The van der Waals surface area contributed by atoms with Gasteiger partial charge in [0.1, 0.15) is 0 Å². The molecule has 0 bridgehead atoms. The number of hydrogen-bond acceptors (Lipinski definition) is 3. The smallest absolute Gasteiger partial charge is 0.224 e. The summed E-state index contributed by atoms with van der Waals surface area (Å²) in [5, 5.41) is 6.30. The first kappa shape index (κ1) is 16.7. The van der Waals surface area contributed by atoms with Gasteiger partial charge in [-0.1, -0.05) is 19.1 Å².